The number of aliphatic hydroxyl groups is 2. The van der Waals surface area contributed by atoms with Crippen molar-refractivity contribution in [3.63, 3.8) is 0 Å². The average Bonchev–Trinajstić information content (AvgIpc) is 2.35. The van der Waals surface area contributed by atoms with Crippen LogP contribution in [0.4, 0.5) is 0 Å². The van der Waals surface area contributed by atoms with E-state index in [0.29, 0.717) is 0 Å². The Hall–Kier alpha value is -1.92. The lowest BCUT2D eigenvalue weighted by molar-refractivity contribution is -0.144. The number of nitrogens with one attached hydrogen (secondary N) is 1. The maximum absolute atomic E-state index is 11.3. The van der Waals surface area contributed by atoms with E-state index in [1.807, 2.05) is 6.07 Å². The summed E-state index contributed by atoms with van der Waals surface area (Å²) in [4.78, 5) is 21.9. The second kappa shape index (κ2) is 5.97. The summed E-state index contributed by atoms with van der Waals surface area (Å²) in [6.07, 6.45) is -3.75. The fourth-order valence-electron chi connectivity index (χ4n) is 1.19. The van der Waals surface area contributed by atoms with Crippen LogP contribution >= 0.6 is 0 Å². The van der Waals surface area contributed by atoms with Gasteiger partial charge in [-0.2, -0.15) is 0 Å². The van der Waals surface area contributed by atoms with Crippen LogP contribution in [0.1, 0.15) is 5.56 Å². The van der Waals surface area contributed by atoms with Crippen molar-refractivity contribution in [2.75, 3.05) is 0 Å². The topological polar surface area (TPSA) is 113 Å². The van der Waals surface area contributed by atoms with E-state index in [4.69, 9.17) is 10.8 Å². The lowest BCUT2D eigenvalue weighted by Gasteiger charge is -2.14. The molecule has 1 aromatic carbocycles. The lowest BCUT2D eigenvalue weighted by atomic mass is 10.1. The number of rotatable bonds is 5. The summed E-state index contributed by atoms with van der Waals surface area (Å²) in [7, 11) is 0. The summed E-state index contributed by atoms with van der Waals surface area (Å²) in [5, 5.41) is 20.7. The summed E-state index contributed by atoms with van der Waals surface area (Å²) in [6, 6.07) is 9.01. The molecule has 2 unspecified atom stereocenters. The third kappa shape index (κ3) is 3.86. The molecule has 0 fully saturated rings. The number of hydrogen-bond donors (Lipinski definition) is 4. The normalized spacial score (nSPS) is 13.8. The number of benzene rings is 1. The second-order valence-corrected chi connectivity index (χ2v) is 3.50. The standard InChI is InChI=1S/C11H14N2O4/c12-10(16)8(14)9(15)11(17)13-6-7-4-2-1-3-5-7/h1-5,8-9,14-15H,6H2,(H2,12,16)(H,13,17). The van der Waals surface area contributed by atoms with Crippen LogP contribution in [0, 0.1) is 0 Å². The molecule has 92 valence electrons. The van der Waals surface area contributed by atoms with Crippen molar-refractivity contribution < 1.29 is 19.8 Å². The van der Waals surface area contributed by atoms with Gasteiger partial charge in [-0.05, 0) is 5.56 Å². The third-order valence-electron chi connectivity index (χ3n) is 2.17. The van der Waals surface area contributed by atoms with Crippen molar-refractivity contribution in [2.45, 2.75) is 18.8 Å². The maximum Gasteiger partial charge on any atom is 0.252 e. The van der Waals surface area contributed by atoms with E-state index in [1.165, 1.54) is 0 Å². The molecule has 0 saturated carbocycles. The van der Waals surface area contributed by atoms with Crippen LogP contribution < -0.4 is 11.1 Å². The molecule has 0 aliphatic carbocycles. The first-order valence-corrected chi connectivity index (χ1v) is 4.99. The number of amides is 2. The van der Waals surface area contributed by atoms with Gasteiger partial charge in [-0.25, -0.2) is 0 Å². The smallest absolute Gasteiger partial charge is 0.252 e. The summed E-state index contributed by atoms with van der Waals surface area (Å²) < 4.78 is 0. The van der Waals surface area contributed by atoms with Gasteiger partial charge in [0.25, 0.3) is 5.91 Å². The highest BCUT2D eigenvalue weighted by molar-refractivity contribution is 5.89. The minimum absolute atomic E-state index is 0.197. The molecular weight excluding hydrogens is 224 g/mol. The average molecular weight is 238 g/mol. The van der Waals surface area contributed by atoms with Gasteiger partial charge >= 0.3 is 0 Å². The Kier molecular flexibility index (Phi) is 4.62. The van der Waals surface area contributed by atoms with Gasteiger partial charge in [-0.15, -0.1) is 0 Å². The SMILES string of the molecule is NC(=O)C(O)C(O)C(=O)NCc1ccccc1. The molecule has 5 N–H and O–H groups in total. The van der Waals surface area contributed by atoms with Crippen LogP contribution in [0.15, 0.2) is 30.3 Å². The van der Waals surface area contributed by atoms with Gasteiger partial charge < -0.3 is 21.3 Å². The van der Waals surface area contributed by atoms with Crippen molar-refractivity contribution in [1.29, 1.82) is 0 Å². The van der Waals surface area contributed by atoms with Crippen molar-refractivity contribution in [3.05, 3.63) is 35.9 Å². The predicted molar refractivity (Wildman–Crippen MR) is 59.5 cm³/mol. The van der Waals surface area contributed by atoms with Crippen LogP contribution in [-0.4, -0.2) is 34.2 Å². The third-order valence-corrected chi connectivity index (χ3v) is 2.17. The second-order valence-electron chi connectivity index (χ2n) is 3.50. The van der Waals surface area contributed by atoms with E-state index < -0.39 is 24.0 Å². The minimum Gasteiger partial charge on any atom is -0.380 e. The van der Waals surface area contributed by atoms with Gasteiger partial charge in [0.15, 0.2) is 12.2 Å². The largest absolute Gasteiger partial charge is 0.380 e. The first-order valence-electron chi connectivity index (χ1n) is 4.99. The highest BCUT2D eigenvalue weighted by Crippen LogP contribution is 1.99. The Labute approximate surface area is 98.1 Å². The maximum atomic E-state index is 11.3. The van der Waals surface area contributed by atoms with Gasteiger partial charge in [-0.3, -0.25) is 9.59 Å². The summed E-state index contributed by atoms with van der Waals surface area (Å²) in [5.74, 6) is -1.99. The van der Waals surface area contributed by atoms with E-state index in [1.54, 1.807) is 24.3 Å². The zero-order valence-electron chi connectivity index (χ0n) is 9.04. The number of nitrogens with two attached hydrogens (primary N) is 1. The van der Waals surface area contributed by atoms with E-state index in [9.17, 15) is 14.7 Å². The van der Waals surface area contributed by atoms with E-state index in [2.05, 4.69) is 5.32 Å². The molecule has 6 heteroatoms. The van der Waals surface area contributed by atoms with Gasteiger partial charge in [0.1, 0.15) is 0 Å². The van der Waals surface area contributed by atoms with E-state index >= 15 is 0 Å². The van der Waals surface area contributed by atoms with Crippen molar-refractivity contribution in [1.82, 2.24) is 5.32 Å². The molecular formula is C11H14N2O4. The monoisotopic (exact) mass is 238 g/mol. The van der Waals surface area contributed by atoms with Crippen molar-refractivity contribution in [2.24, 2.45) is 5.73 Å². The molecule has 2 amide bonds. The molecule has 0 saturated heterocycles. The minimum atomic E-state index is -1.90. The van der Waals surface area contributed by atoms with Crippen molar-refractivity contribution in [3.8, 4) is 0 Å². The Morgan fingerprint density at radius 1 is 1.18 bits per heavy atom. The van der Waals surface area contributed by atoms with Crippen LogP contribution in [0.3, 0.4) is 0 Å². The Bertz CT molecular complexity index is 394. The quantitative estimate of drug-likeness (QED) is 0.500. The van der Waals surface area contributed by atoms with Crippen LogP contribution in [0.2, 0.25) is 0 Å². The molecule has 0 aliphatic rings. The Balaban J connectivity index is 2.47. The number of carbonyl (C=O) groups is 2. The van der Waals surface area contributed by atoms with Crippen LogP contribution in [-0.2, 0) is 16.1 Å². The highest BCUT2D eigenvalue weighted by Gasteiger charge is 2.28. The Morgan fingerprint density at radius 3 is 2.29 bits per heavy atom. The fourth-order valence-corrected chi connectivity index (χ4v) is 1.19. The van der Waals surface area contributed by atoms with E-state index in [-0.39, 0.29) is 6.54 Å². The number of primary amides is 1. The fraction of sp³-hybridized carbons (Fsp3) is 0.273. The van der Waals surface area contributed by atoms with Crippen molar-refractivity contribution >= 4 is 11.8 Å². The zero-order chi connectivity index (χ0) is 12.8. The number of hydrogen-bond acceptors (Lipinski definition) is 4. The molecule has 0 bridgehead atoms. The summed E-state index contributed by atoms with van der Waals surface area (Å²) >= 11 is 0. The first-order chi connectivity index (χ1) is 8.02. The first kappa shape index (κ1) is 13.1. The van der Waals surface area contributed by atoms with Gasteiger partial charge in [0, 0.05) is 6.54 Å². The van der Waals surface area contributed by atoms with Crippen LogP contribution in [0.25, 0.3) is 0 Å². The molecule has 6 nitrogen and oxygen atoms in total. The number of carbonyl (C=O) groups excluding carboxylic acids is 2. The van der Waals surface area contributed by atoms with Gasteiger partial charge in [0.2, 0.25) is 5.91 Å². The summed E-state index contributed by atoms with van der Waals surface area (Å²) in [5.41, 5.74) is 5.59. The highest BCUT2D eigenvalue weighted by atomic mass is 16.3. The molecule has 0 spiro atoms. The zero-order valence-corrected chi connectivity index (χ0v) is 9.04. The molecule has 0 heterocycles. The predicted octanol–water partition coefficient (Wildman–Crippen LogP) is -1.49. The molecule has 1 aromatic rings. The molecule has 0 radical (unpaired) electrons. The van der Waals surface area contributed by atoms with E-state index in [0.717, 1.165) is 5.56 Å². The molecule has 17 heavy (non-hydrogen) atoms. The van der Waals surface area contributed by atoms with Gasteiger partial charge in [0.05, 0.1) is 0 Å². The number of aliphatic hydroxyl groups excluding tert-OH is 2. The lowest BCUT2D eigenvalue weighted by Crippen LogP contribution is -2.47. The molecule has 0 aromatic heterocycles. The summed E-state index contributed by atoms with van der Waals surface area (Å²) in [6.45, 7) is 0.197. The molecule has 2 atom stereocenters. The Morgan fingerprint density at radius 2 is 1.76 bits per heavy atom. The molecule has 0 aliphatic heterocycles. The van der Waals surface area contributed by atoms with Gasteiger partial charge in [-0.1, -0.05) is 30.3 Å². The van der Waals surface area contributed by atoms with Crippen LogP contribution in [0.5, 0.6) is 0 Å². The molecule has 1 rings (SSSR count).